The van der Waals surface area contributed by atoms with Crippen LogP contribution in [0.3, 0.4) is 0 Å². The summed E-state index contributed by atoms with van der Waals surface area (Å²) in [5.41, 5.74) is 2.20. The van der Waals surface area contributed by atoms with Crippen molar-refractivity contribution in [3.05, 3.63) is 29.6 Å². The zero-order chi connectivity index (χ0) is 9.60. The van der Waals surface area contributed by atoms with Gasteiger partial charge >= 0.3 is 0 Å². The van der Waals surface area contributed by atoms with Crippen LogP contribution < -0.4 is 5.32 Å². The van der Waals surface area contributed by atoms with E-state index in [0.717, 1.165) is 37.4 Å². The molecule has 1 spiro atoms. The smallest absolute Gasteiger partial charge is 0.123 e. The second-order valence-corrected chi connectivity index (χ2v) is 4.13. The molecule has 0 saturated carbocycles. The van der Waals surface area contributed by atoms with Gasteiger partial charge in [0, 0.05) is 24.3 Å². The monoisotopic (exact) mass is 193 g/mol. The van der Waals surface area contributed by atoms with Crippen molar-refractivity contribution in [3.8, 4) is 0 Å². The standard InChI is InChI=1S/C11H12FNO/c12-8-1-2-10-9(5-8)11(6-13-10)3-4-14-7-11/h1-2,5,13H,3-4,6-7H2. The first-order valence-electron chi connectivity index (χ1n) is 4.92. The molecule has 1 aromatic carbocycles. The predicted octanol–water partition coefficient (Wildman–Crippen LogP) is 1.91. The third-order valence-electron chi connectivity index (χ3n) is 3.27. The van der Waals surface area contributed by atoms with Gasteiger partial charge in [0.2, 0.25) is 0 Å². The molecule has 14 heavy (non-hydrogen) atoms. The highest BCUT2D eigenvalue weighted by molar-refractivity contribution is 5.60. The Labute approximate surface area is 82.1 Å². The normalized spacial score (nSPS) is 29.2. The van der Waals surface area contributed by atoms with Crippen molar-refractivity contribution in [1.82, 2.24) is 0 Å². The van der Waals surface area contributed by atoms with Gasteiger partial charge in [0.15, 0.2) is 0 Å². The highest BCUT2D eigenvalue weighted by Gasteiger charge is 2.42. The van der Waals surface area contributed by atoms with E-state index in [1.165, 1.54) is 6.07 Å². The van der Waals surface area contributed by atoms with Gasteiger partial charge in [0.25, 0.3) is 0 Å². The third-order valence-corrected chi connectivity index (χ3v) is 3.27. The summed E-state index contributed by atoms with van der Waals surface area (Å²) < 4.78 is 18.5. The molecule has 3 heteroatoms. The summed E-state index contributed by atoms with van der Waals surface area (Å²) in [6.45, 7) is 2.39. The molecule has 2 aliphatic rings. The largest absolute Gasteiger partial charge is 0.384 e. The van der Waals surface area contributed by atoms with Gasteiger partial charge in [0.1, 0.15) is 5.82 Å². The van der Waals surface area contributed by atoms with Crippen molar-refractivity contribution in [2.24, 2.45) is 0 Å². The van der Waals surface area contributed by atoms with E-state index in [0.29, 0.717) is 0 Å². The minimum atomic E-state index is -0.154. The molecule has 1 unspecified atom stereocenters. The highest BCUT2D eigenvalue weighted by Crippen LogP contribution is 2.42. The minimum Gasteiger partial charge on any atom is -0.384 e. The van der Waals surface area contributed by atoms with Gasteiger partial charge in [-0.3, -0.25) is 0 Å². The molecule has 0 radical (unpaired) electrons. The Morgan fingerprint density at radius 3 is 3.14 bits per heavy atom. The lowest BCUT2D eigenvalue weighted by Gasteiger charge is -2.20. The second kappa shape index (κ2) is 2.70. The Bertz CT molecular complexity index is 372. The van der Waals surface area contributed by atoms with Crippen LogP contribution in [0.15, 0.2) is 18.2 Å². The zero-order valence-electron chi connectivity index (χ0n) is 7.85. The van der Waals surface area contributed by atoms with E-state index in [4.69, 9.17) is 4.74 Å². The van der Waals surface area contributed by atoms with E-state index < -0.39 is 0 Å². The van der Waals surface area contributed by atoms with E-state index in [1.54, 1.807) is 6.07 Å². The number of hydrogen-bond donors (Lipinski definition) is 1. The SMILES string of the molecule is Fc1ccc2c(c1)C1(CCOC1)CN2. The molecule has 1 fully saturated rings. The van der Waals surface area contributed by atoms with Crippen LogP contribution >= 0.6 is 0 Å². The van der Waals surface area contributed by atoms with Gasteiger partial charge in [-0.1, -0.05) is 0 Å². The van der Waals surface area contributed by atoms with Crippen molar-refractivity contribution < 1.29 is 9.13 Å². The van der Waals surface area contributed by atoms with Crippen LogP contribution in [-0.4, -0.2) is 19.8 Å². The van der Waals surface area contributed by atoms with Gasteiger partial charge in [-0.15, -0.1) is 0 Å². The van der Waals surface area contributed by atoms with Crippen LogP contribution in [0.2, 0.25) is 0 Å². The number of nitrogens with one attached hydrogen (secondary N) is 1. The van der Waals surface area contributed by atoms with Crippen LogP contribution in [0.1, 0.15) is 12.0 Å². The molecule has 2 heterocycles. The number of benzene rings is 1. The lowest BCUT2D eigenvalue weighted by molar-refractivity contribution is 0.181. The van der Waals surface area contributed by atoms with Crippen LogP contribution in [0.5, 0.6) is 0 Å². The van der Waals surface area contributed by atoms with E-state index >= 15 is 0 Å². The van der Waals surface area contributed by atoms with Crippen LogP contribution in [-0.2, 0) is 10.2 Å². The first kappa shape index (κ1) is 8.24. The molecule has 2 nitrogen and oxygen atoms in total. The Balaban J connectivity index is 2.12. The fraction of sp³-hybridized carbons (Fsp3) is 0.455. The van der Waals surface area contributed by atoms with Crippen molar-refractivity contribution in [2.45, 2.75) is 11.8 Å². The second-order valence-electron chi connectivity index (χ2n) is 4.13. The van der Waals surface area contributed by atoms with Gasteiger partial charge in [0.05, 0.1) is 6.61 Å². The summed E-state index contributed by atoms with van der Waals surface area (Å²) in [6, 6.07) is 4.96. The van der Waals surface area contributed by atoms with E-state index in [-0.39, 0.29) is 11.2 Å². The van der Waals surface area contributed by atoms with Crippen LogP contribution in [0, 0.1) is 5.82 Å². The third kappa shape index (κ3) is 0.989. The summed E-state index contributed by atoms with van der Waals surface area (Å²) >= 11 is 0. The fourth-order valence-electron chi connectivity index (χ4n) is 2.43. The van der Waals surface area contributed by atoms with Crippen LogP contribution in [0.25, 0.3) is 0 Å². The minimum absolute atomic E-state index is 0.0391. The van der Waals surface area contributed by atoms with E-state index in [9.17, 15) is 4.39 Å². The Hall–Kier alpha value is -1.09. The van der Waals surface area contributed by atoms with Gasteiger partial charge in [-0.25, -0.2) is 4.39 Å². The maximum atomic E-state index is 13.1. The maximum absolute atomic E-state index is 13.1. The number of rotatable bonds is 0. The van der Waals surface area contributed by atoms with E-state index in [1.807, 2.05) is 6.07 Å². The molecule has 74 valence electrons. The maximum Gasteiger partial charge on any atom is 0.123 e. The number of ether oxygens (including phenoxy) is 1. The van der Waals surface area contributed by atoms with Gasteiger partial charge < -0.3 is 10.1 Å². The Morgan fingerprint density at radius 1 is 1.43 bits per heavy atom. The molecular formula is C11H12FNO. The quantitative estimate of drug-likeness (QED) is 0.679. The molecular weight excluding hydrogens is 181 g/mol. The highest BCUT2D eigenvalue weighted by atomic mass is 19.1. The summed E-state index contributed by atoms with van der Waals surface area (Å²) in [5, 5.41) is 3.31. The van der Waals surface area contributed by atoms with Gasteiger partial charge in [-0.05, 0) is 30.2 Å². The fourth-order valence-corrected chi connectivity index (χ4v) is 2.43. The number of fused-ring (bicyclic) bond motifs is 2. The Kier molecular flexibility index (Phi) is 1.59. The summed E-state index contributed by atoms with van der Waals surface area (Å²) in [5.74, 6) is -0.154. The molecule has 2 aliphatic heterocycles. The average Bonchev–Trinajstić information content (AvgIpc) is 2.77. The first-order chi connectivity index (χ1) is 6.80. The topological polar surface area (TPSA) is 21.3 Å². The van der Waals surface area contributed by atoms with Crippen molar-refractivity contribution in [1.29, 1.82) is 0 Å². The van der Waals surface area contributed by atoms with Gasteiger partial charge in [-0.2, -0.15) is 0 Å². The van der Waals surface area contributed by atoms with E-state index in [2.05, 4.69) is 5.32 Å². The summed E-state index contributed by atoms with van der Waals surface area (Å²) in [7, 11) is 0. The lowest BCUT2D eigenvalue weighted by Crippen LogP contribution is -2.28. The zero-order valence-corrected chi connectivity index (χ0v) is 7.85. The molecule has 1 N–H and O–H groups in total. The number of hydrogen-bond acceptors (Lipinski definition) is 2. The van der Waals surface area contributed by atoms with Crippen LogP contribution in [0.4, 0.5) is 10.1 Å². The molecule has 1 saturated heterocycles. The number of anilines is 1. The number of halogens is 1. The lowest BCUT2D eigenvalue weighted by atomic mass is 9.82. The summed E-state index contributed by atoms with van der Waals surface area (Å²) in [4.78, 5) is 0. The molecule has 0 aromatic heterocycles. The Morgan fingerprint density at radius 2 is 2.36 bits per heavy atom. The molecule has 0 aliphatic carbocycles. The summed E-state index contributed by atoms with van der Waals surface area (Å²) in [6.07, 6.45) is 0.996. The van der Waals surface area contributed by atoms with Crippen molar-refractivity contribution >= 4 is 5.69 Å². The predicted molar refractivity (Wildman–Crippen MR) is 52.0 cm³/mol. The van der Waals surface area contributed by atoms with Crippen molar-refractivity contribution in [3.63, 3.8) is 0 Å². The molecule has 0 amide bonds. The molecule has 1 atom stereocenters. The molecule has 1 aromatic rings. The average molecular weight is 193 g/mol. The van der Waals surface area contributed by atoms with Crippen molar-refractivity contribution in [2.75, 3.05) is 25.1 Å². The molecule has 3 rings (SSSR count). The molecule has 0 bridgehead atoms. The first-order valence-corrected chi connectivity index (χ1v) is 4.92.